The van der Waals surface area contributed by atoms with Gasteiger partial charge in [-0.05, 0) is 57.6 Å². The van der Waals surface area contributed by atoms with Gasteiger partial charge in [0.25, 0.3) is 0 Å². The first-order chi connectivity index (χ1) is 8.65. The van der Waals surface area contributed by atoms with Gasteiger partial charge in [0.1, 0.15) is 0 Å². The van der Waals surface area contributed by atoms with Crippen molar-refractivity contribution in [3.8, 4) is 0 Å². The highest BCUT2D eigenvalue weighted by atomic mass is 15.1. The zero-order valence-electron chi connectivity index (χ0n) is 11.9. The summed E-state index contributed by atoms with van der Waals surface area (Å²) in [5, 5.41) is 3.49. The van der Waals surface area contributed by atoms with Crippen LogP contribution in [0.3, 0.4) is 0 Å². The number of benzene rings is 1. The van der Waals surface area contributed by atoms with Crippen molar-refractivity contribution < 1.29 is 0 Å². The van der Waals surface area contributed by atoms with Gasteiger partial charge in [-0.2, -0.15) is 0 Å². The molecule has 0 aliphatic carbocycles. The number of nitrogens with zero attached hydrogens (tertiary/aromatic N) is 1. The number of nitrogen functional groups attached to an aromatic ring is 1. The fraction of sp³-hybridized carbons (Fsp3) is 0.600. The van der Waals surface area contributed by atoms with Crippen molar-refractivity contribution >= 4 is 11.4 Å². The first-order valence-corrected chi connectivity index (χ1v) is 7.00. The fourth-order valence-corrected chi connectivity index (χ4v) is 2.15. The number of rotatable bonds is 8. The molecule has 0 spiro atoms. The summed E-state index contributed by atoms with van der Waals surface area (Å²) in [7, 11) is 0. The maximum Gasteiger partial charge on any atom is 0.0362 e. The summed E-state index contributed by atoms with van der Waals surface area (Å²) in [5.41, 5.74) is 7.69. The molecule has 1 aromatic carbocycles. The lowest BCUT2D eigenvalue weighted by molar-refractivity contribution is 0.295. The molecule has 3 heteroatoms. The van der Waals surface area contributed by atoms with Crippen LogP contribution in [-0.4, -0.2) is 30.6 Å². The third-order valence-corrected chi connectivity index (χ3v) is 3.31. The van der Waals surface area contributed by atoms with Gasteiger partial charge in [0.2, 0.25) is 0 Å². The minimum absolute atomic E-state index is 0.488. The molecule has 102 valence electrons. The van der Waals surface area contributed by atoms with Crippen molar-refractivity contribution in [1.82, 2.24) is 4.90 Å². The van der Waals surface area contributed by atoms with Gasteiger partial charge in [-0.3, -0.25) is 0 Å². The van der Waals surface area contributed by atoms with E-state index in [1.54, 1.807) is 0 Å². The van der Waals surface area contributed by atoms with Gasteiger partial charge in [-0.1, -0.05) is 19.9 Å². The van der Waals surface area contributed by atoms with E-state index in [-0.39, 0.29) is 0 Å². The molecule has 0 fully saturated rings. The minimum Gasteiger partial charge on any atom is -0.399 e. The van der Waals surface area contributed by atoms with Gasteiger partial charge < -0.3 is 16.0 Å². The van der Waals surface area contributed by atoms with Crippen LogP contribution in [0.5, 0.6) is 0 Å². The molecule has 0 aliphatic rings. The predicted molar refractivity (Wildman–Crippen MR) is 81.0 cm³/mol. The fourth-order valence-electron chi connectivity index (χ4n) is 2.15. The molecule has 0 aliphatic heterocycles. The lowest BCUT2D eigenvalue weighted by Gasteiger charge is -2.20. The number of hydrogen-bond acceptors (Lipinski definition) is 3. The van der Waals surface area contributed by atoms with Crippen molar-refractivity contribution in [2.24, 2.45) is 0 Å². The summed E-state index contributed by atoms with van der Waals surface area (Å²) >= 11 is 0. The second-order valence-electron chi connectivity index (χ2n) is 4.84. The number of anilines is 2. The summed E-state index contributed by atoms with van der Waals surface area (Å²) in [6.45, 7) is 10.2. The van der Waals surface area contributed by atoms with Crippen LogP contribution < -0.4 is 11.1 Å². The Kier molecular flexibility index (Phi) is 6.58. The second kappa shape index (κ2) is 7.98. The van der Waals surface area contributed by atoms with E-state index in [9.17, 15) is 0 Å². The highest BCUT2D eigenvalue weighted by molar-refractivity contribution is 5.54. The molecule has 1 unspecified atom stereocenters. The van der Waals surface area contributed by atoms with E-state index in [1.807, 2.05) is 18.2 Å². The molecule has 1 aromatic rings. The Morgan fingerprint density at radius 3 is 2.61 bits per heavy atom. The molecule has 0 saturated carbocycles. The van der Waals surface area contributed by atoms with Gasteiger partial charge in [-0.25, -0.2) is 0 Å². The van der Waals surface area contributed by atoms with E-state index < -0.39 is 0 Å². The van der Waals surface area contributed by atoms with Gasteiger partial charge in [0, 0.05) is 17.4 Å². The highest BCUT2D eigenvalue weighted by Gasteiger charge is 2.04. The molecule has 18 heavy (non-hydrogen) atoms. The Labute approximate surface area is 111 Å². The molecule has 0 saturated heterocycles. The van der Waals surface area contributed by atoms with Crippen LogP contribution in [0.1, 0.15) is 33.6 Å². The zero-order chi connectivity index (χ0) is 13.4. The molecule has 0 radical (unpaired) electrons. The predicted octanol–water partition coefficient (Wildman–Crippen LogP) is 3.19. The van der Waals surface area contributed by atoms with Crippen molar-refractivity contribution in [1.29, 1.82) is 0 Å². The molecular formula is C15H27N3. The Bertz CT molecular complexity index is 334. The maximum atomic E-state index is 5.76. The average Bonchev–Trinajstić information content (AvgIpc) is 2.34. The van der Waals surface area contributed by atoms with E-state index in [0.717, 1.165) is 24.5 Å². The van der Waals surface area contributed by atoms with Crippen LogP contribution in [0.25, 0.3) is 0 Å². The first-order valence-electron chi connectivity index (χ1n) is 7.00. The van der Waals surface area contributed by atoms with E-state index in [0.29, 0.717) is 6.04 Å². The Morgan fingerprint density at radius 1 is 1.28 bits per heavy atom. The standard InChI is InChI=1S/C15H27N3/c1-4-18(5-2)11-7-8-13(3)17-15-10-6-9-14(16)12-15/h6,9-10,12-13,17H,4-5,7-8,11,16H2,1-3H3. The molecule has 1 rings (SSSR count). The largest absolute Gasteiger partial charge is 0.399 e. The van der Waals surface area contributed by atoms with Gasteiger partial charge >= 0.3 is 0 Å². The van der Waals surface area contributed by atoms with Gasteiger partial charge in [0.15, 0.2) is 0 Å². The Hall–Kier alpha value is -1.22. The summed E-state index contributed by atoms with van der Waals surface area (Å²) in [4.78, 5) is 2.47. The van der Waals surface area contributed by atoms with E-state index in [2.05, 4.69) is 37.1 Å². The Morgan fingerprint density at radius 2 is 2.00 bits per heavy atom. The van der Waals surface area contributed by atoms with Crippen molar-refractivity contribution in [3.05, 3.63) is 24.3 Å². The van der Waals surface area contributed by atoms with E-state index >= 15 is 0 Å². The smallest absolute Gasteiger partial charge is 0.0362 e. The van der Waals surface area contributed by atoms with Crippen molar-refractivity contribution in [3.63, 3.8) is 0 Å². The van der Waals surface area contributed by atoms with Crippen LogP contribution in [0.15, 0.2) is 24.3 Å². The normalized spacial score (nSPS) is 12.7. The van der Waals surface area contributed by atoms with E-state index in [4.69, 9.17) is 5.73 Å². The number of hydrogen-bond donors (Lipinski definition) is 2. The van der Waals surface area contributed by atoms with Crippen molar-refractivity contribution in [2.45, 2.75) is 39.7 Å². The first kappa shape index (κ1) is 14.8. The minimum atomic E-state index is 0.488. The maximum absolute atomic E-state index is 5.76. The van der Waals surface area contributed by atoms with Gasteiger partial charge in [0.05, 0.1) is 0 Å². The summed E-state index contributed by atoms with van der Waals surface area (Å²) < 4.78 is 0. The number of nitrogens with one attached hydrogen (secondary N) is 1. The molecule has 3 N–H and O–H groups in total. The molecule has 0 heterocycles. The molecule has 0 bridgehead atoms. The van der Waals surface area contributed by atoms with Crippen LogP contribution >= 0.6 is 0 Å². The topological polar surface area (TPSA) is 41.3 Å². The van der Waals surface area contributed by atoms with Crippen molar-refractivity contribution in [2.75, 3.05) is 30.7 Å². The quantitative estimate of drug-likeness (QED) is 0.695. The molecule has 1 atom stereocenters. The van der Waals surface area contributed by atoms with Crippen LogP contribution in [0.2, 0.25) is 0 Å². The zero-order valence-corrected chi connectivity index (χ0v) is 11.9. The molecule has 3 nitrogen and oxygen atoms in total. The summed E-state index contributed by atoms with van der Waals surface area (Å²) in [5.74, 6) is 0. The Balaban J connectivity index is 2.27. The molecule has 0 amide bonds. The van der Waals surface area contributed by atoms with E-state index in [1.165, 1.54) is 19.4 Å². The highest BCUT2D eigenvalue weighted by Crippen LogP contribution is 2.14. The third kappa shape index (κ3) is 5.41. The van der Waals surface area contributed by atoms with Crippen LogP contribution in [0, 0.1) is 0 Å². The van der Waals surface area contributed by atoms with Crippen LogP contribution in [-0.2, 0) is 0 Å². The third-order valence-electron chi connectivity index (χ3n) is 3.31. The lowest BCUT2D eigenvalue weighted by atomic mass is 10.1. The SMILES string of the molecule is CCN(CC)CCCC(C)Nc1cccc(N)c1. The second-order valence-corrected chi connectivity index (χ2v) is 4.84. The van der Waals surface area contributed by atoms with Crippen LogP contribution in [0.4, 0.5) is 11.4 Å². The molecular weight excluding hydrogens is 222 g/mol. The summed E-state index contributed by atoms with van der Waals surface area (Å²) in [6, 6.07) is 8.44. The molecule has 0 aromatic heterocycles. The number of nitrogens with two attached hydrogens (primary N) is 1. The average molecular weight is 249 g/mol. The van der Waals surface area contributed by atoms with Gasteiger partial charge in [-0.15, -0.1) is 0 Å². The monoisotopic (exact) mass is 249 g/mol. The summed E-state index contributed by atoms with van der Waals surface area (Å²) in [6.07, 6.45) is 2.42. The lowest BCUT2D eigenvalue weighted by Crippen LogP contribution is -2.25.